The quantitative estimate of drug-likeness (QED) is 0.673. The van der Waals surface area contributed by atoms with Gasteiger partial charge in [-0.2, -0.15) is 4.31 Å². The summed E-state index contributed by atoms with van der Waals surface area (Å²) in [4.78, 5) is 12.8. The van der Waals surface area contributed by atoms with Gasteiger partial charge in [-0.05, 0) is 49.8 Å². The van der Waals surface area contributed by atoms with E-state index in [9.17, 15) is 13.2 Å². The van der Waals surface area contributed by atoms with Crippen molar-refractivity contribution in [1.29, 1.82) is 0 Å². The Morgan fingerprint density at radius 3 is 2.17 bits per heavy atom. The van der Waals surface area contributed by atoms with Crippen molar-refractivity contribution >= 4 is 15.9 Å². The number of hydrogen-bond acceptors (Lipinski definition) is 3. The summed E-state index contributed by atoms with van der Waals surface area (Å²) in [7, 11) is -3.84. The number of hydrogen-bond donors (Lipinski definition) is 1. The van der Waals surface area contributed by atoms with E-state index in [0.717, 1.165) is 17.5 Å². The summed E-state index contributed by atoms with van der Waals surface area (Å²) in [6, 6.07) is 13.1. The molecule has 29 heavy (non-hydrogen) atoms. The minimum Gasteiger partial charge on any atom is -0.355 e. The molecule has 0 aliphatic rings. The van der Waals surface area contributed by atoms with Gasteiger partial charge in [-0.15, -0.1) is 0 Å². The van der Waals surface area contributed by atoms with E-state index in [0.29, 0.717) is 23.6 Å². The molecular formula is C23H32N2O3S. The van der Waals surface area contributed by atoms with Crippen LogP contribution >= 0.6 is 0 Å². The number of carbonyl (C=O) groups excluding carboxylic acids is 1. The van der Waals surface area contributed by atoms with Crippen LogP contribution < -0.4 is 5.32 Å². The molecule has 0 fully saturated rings. The van der Waals surface area contributed by atoms with Gasteiger partial charge in [0.2, 0.25) is 15.9 Å². The van der Waals surface area contributed by atoms with Crippen molar-refractivity contribution in [2.24, 2.45) is 5.92 Å². The van der Waals surface area contributed by atoms with E-state index >= 15 is 0 Å². The normalized spacial score (nSPS) is 11.8. The van der Waals surface area contributed by atoms with Gasteiger partial charge in [-0.1, -0.05) is 61.9 Å². The fourth-order valence-corrected chi connectivity index (χ4v) is 5.23. The predicted octanol–water partition coefficient (Wildman–Crippen LogP) is 3.97. The van der Waals surface area contributed by atoms with Crippen molar-refractivity contribution in [2.75, 3.05) is 13.1 Å². The van der Waals surface area contributed by atoms with Gasteiger partial charge in [-0.25, -0.2) is 8.42 Å². The zero-order valence-corrected chi connectivity index (χ0v) is 18.8. The molecule has 0 saturated carbocycles. The van der Waals surface area contributed by atoms with Crippen LogP contribution in [-0.2, 0) is 21.4 Å². The van der Waals surface area contributed by atoms with Crippen molar-refractivity contribution in [1.82, 2.24) is 9.62 Å². The van der Waals surface area contributed by atoms with E-state index < -0.39 is 10.0 Å². The molecule has 0 saturated heterocycles. The fourth-order valence-electron chi connectivity index (χ4n) is 3.43. The maximum Gasteiger partial charge on any atom is 0.244 e. The maximum absolute atomic E-state index is 13.6. The van der Waals surface area contributed by atoms with Crippen LogP contribution in [0.2, 0.25) is 0 Å². The number of aryl methyl sites for hydroxylation is 3. The van der Waals surface area contributed by atoms with Gasteiger partial charge < -0.3 is 5.32 Å². The highest BCUT2D eigenvalue weighted by molar-refractivity contribution is 7.89. The first-order valence-electron chi connectivity index (χ1n) is 10.00. The summed E-state index contributed by atoms with van der Waals surface area (Å²) in [5.74, 6) is 0.185. The van der Waals surface area contributed by atoms with Crippen LogP contribution in [0.4, 0.5) is 0 Å². The number of nitrogens with one attached hydrogen (secondary N) is 1. The van der Waals surface area contributed by atoms with Gasteiger partial charge in [-0.3, -0.25) is 4.79 Å². The molecule has 0 unspecified atom stereocenters. The van der Waals surface area contributed by atoms with Crippen molar-refractivity contribution in [3.8, 4) is 0 Å². The molecule has 0 heterocycles. The SMILES string of the molecule is Cc1cc(C)c(S(=O)(=O)N(CC(=O)NCCC(C)C)Cc2ccccc2)c(C)c1. The lowest BCUT2D eigenvalue weighted by Crippen LogP contribution is -2.41. The smallest absolute Gasteiger partial charge is 0.244 e. The molecule has 1 N–H and O–H groups in total. The van der Waals surface area contributed by atoms with Crippen LogP contribution in [0.3, 0.4) is 0 Å². The third-order valence-corrected chi connectivity index (χ3v) is 6.87. The Morgan fingerprint density at radius 1 is 1.03 bits per heavy atom. The first kappa shape index (κ1) is 23.1. The fraction of sp³-hybridized carbons (Fsp3) is 0.435. The highest BCUT2D eigenvalue weighted by Gasteiger charge is 2.29. The van der Waals surface area contributed by atoms with Crippen LogP contribution in [0.15, 0.2) is 47.4 Å². The first-order chi connectivity index (χ1) is 13.6. The Balaban J connectivity index is 2.34. The minimum atomic E-state index is -3.84. The van der Waals surface area contributed by atoms with E-state index in [-0.39, 0.29) is 23.9 Å². The summed E-state index contributed by atoms with van der Waals surface area (Å²) in [5.41, 5.74) is 3.25. The Morgan fingerprint density at radius 2 is 1.62 bits per heavy atom. The maximum atomic E-state index is 13.6. The van der Waals surface area contributed by atoms with Crippen LogP contribution in [0.5, 0.6) is 0 Å². The molecule has 0 bridgehead atoms. The zero-order chi connectivity index (χ0) is 21.6. The van der Waals surface area contributed by atoms with Gasteiger partial charge >= 0.3 is 0 Å². The number of nitrogens with zero attached hydrogens (tertiary/aromatic N) is 1. The predicted molar refractivity (Wildman–Crippen MR) is 117 cm³/mol. The Kier molecular flexibility index (Phi) is 7.99. The summed E-state index contributed by atoms with van der Waals surface area (Å²) in [5, 5.41) is 2.85. The summed E-state index contributed by atoms with van der Waals surface area (Å²) in [6.45, 7) is 10.2. The minimum absolute atomic E-state index is 0.146. The number of amides is 1. The molecule has 0 aromatic heterocycles. The standard InChI is InChI=1S/C23H32N2O3S/c1-17(2)11-12-24-22(26)16-25(15-21-9-7-6-8-10-21)29(27,28)23-19(4)13-18(3)14-20(23)5/h6-10,13-14,17H,11-12,15-16H2,1-5H3,(H,24,26). The highest BCUT2D eigenvalue weighted by Crippen LogP contribution is 2.26. The molecule has 0 radical (unpaired) electrons. The molecule has 0 aliphatic heterocycles. The van der Waals surface area contributed by atoms with Gasteiger partial charge in [0.25, 0.3) is 0 Å². The summed E-state index contributed by atoms with van der Waals surface area (Å²) < 4.78 is 28.4. The van der Waals surface area contributed by atoms with E-state index in [1.54, 1.807) is 13.8 Å². The van der Waals surface area contributed by atoms with Crippen molar-refractivity contribution in [3.05, 3.63) is 64.7 Å². The van der Waals surface area contributed by atoms with Gasteiger partial charge in [0, 0.05) is 13.1 Å². The lowest BCUT2D eigenvalue weighted by Gasteiger charge is -2.24. The molecule has 2 rings (SSSR count). The zero-order valence-electron chi connectivity index (χ0n) is 18.0. The van der Waals surface area contributed by atoms with Crippen LogP contribution in [0.25, 0.3) is 0 Å². The Labute approximate surface area is 175 Å². The van der Waals surface area contributed by atoms with Gasteiger partial charge in [0.15, 0.2) is 0 Å². The second-order valence-electron chi connectivity index (χ2n) is 8.02. The average Bonchev–Trinajstić information content (AvgIpc) is 2.60. The number of carbonyl (C=O) groups is 1. The first-order valence-corrected chi connectivity index (χ1v) is 11.4. The van der Waals surface area contributed by atoms with Gasteiger partial charge in [0.1, 0.15) is 0 Å². The van der Waals surface area contributed by atoms with E-state index in [1.807, 2.05) is 49.4 Å². The van der Waals surface area contributed by atoms with Gasteiger partial charge in [0.05, 0.1) is 11.4 Å². The molecule has 5 nitrogen and oxygen atoms in total. The second-order valence-corrected chi connectivity index (χ2v) is 9.89. The molecular weight excluding hydrogens is 384 g/mol. The second kappa shape index (κ2) is 10.0. The van der Waals surface area contributed by atoms with E-state index in [1.165, 1.54) is 4.31 Å². The van der Waals surface area contributed by atoms with E-state index in [2.05, 4.69) is 19.2 Å². The molecule has 2 aromatic carbocycles. The number of sulfonamides is 1. The molecule has 1 amide bonds. The monoisotopic (exact) mass is 416 g/mol. The van der Waals surface area contributed by atoms with Crippen LogP contribution in [0, 0.1) is 26.7 Å². The lowest BCUT2D eigenvalue weighted by molar-refractivity contribution is -0.121. The highest BCUT2D eigenvalue weighted by atomic mass is 32.2. The topological polar surface area (TPSA) is 66.5 Å². The summed E-state index contributed by atoms with van der Waals surface area (Å²) in [6.07, 6.45) is 0.855. The Bertz CT molecular complexity index is 915. The molecule has 0 atom stereocenters. The van der Waals surface area contributed by atoms with Crippen LogP contribution in [-0.4, -0.2) is 31.7 Å². The lowest BCUT2D eigenvalue weighted by atomic mass is 10.1. The molecule has 0 spiro atoms. The van der Waals surface area contributed by atoms with Crippen molar-refractivity contribution < 1.29 is 13.2 Å². The molecule has 6 heteroatoms. The van der Waals surface area contributed by atoms with Crippen LogP contribution in [0.1, 0.15) is 42.5 Å². The van der Waals surface area contributed by atoms with E-state index in [4.69, 9.17) is 0 Å². The molecule has 2 aromatic rings. The Hall–Kier alpha value is -2.18. The number of rotatable bonds is 9. The summed E-state index contributed by atoms with van der Waals surface area (Å²) >= 11 is 0. The number of benzene rings is 2. The van der Waals surface area contributed by atoms with Crippen molar-refractivity contribution in [2.45, 2.75) is 52.5 Å². The third kappa shape index (κ3) is 6.41. The average molecular weight is 417 g/mol. The third-order valence-electron chi connectivity index (χ3n) is 4.77. The van der Waals surface area contributed by atoms with Crippen molar-refractivity contribution in [3.63, 3.8) is 0 Å². The molecule has 0 aliphatic carbocycles. The molecule has 158 valence electrons. The largest absolute Gasteiger partial charge is 0.355 e.